The summed E-state index contributed by atoms with van der Waals surface area (Å²) in [6.07, 6.45) is 0. The fraction of sp³-hybridized carbons (Fsp3) is 0. The van der Waals surface area contributed by atoms with Gasteiger partial charge < -0.3 is 10.2 Å². The fourth-order valence-electron chi connectivity index (χ4n) is 2.19. The SMILES string of the molecule is O=C(ON(C(=S)Nc1ccccc1)c1ccccc1)c1ccc(Cl)cc1. The van der Waals surface area contributed by atoms with Crippen molar-refractivity contribution in [2.75, 3.05) is 10.4 Å². The standard InChI is InChI=1S/C20H15ClN2O2S/c21-16-13-11-15(12-14-16)19(24)25-23(18-9-5-2-6-10-18)20(26)22-17-7-3-1-4-8-17/h1-14H,(H,22,26). The van der Waals surface area contributed by atoms with Crippen molar-refractivity contribution in [3.63, 3.8) is 0 Å². The summed E-state index contributed by atoms with van der Waals surface area (Å²) in [5.74, 6) is -0.539. The number of nitrogens with one attached hydrogen (secondary N) is 1. The molecular weight excluding hydrogens is 368 g/mol. The van der Waals surface area contributed by atoms with Crippen molar-refractivity contribution in [2.24, 2.45) is 0 Å². The Hall–Kier alpha value is -2.89. The Morgan fingerprint density at radius 3 is 2.08 bits per heavy atom. The van der Waals surface area contributed by atoms with Gasteiger partial charge in [0.1, 0.15) is 0 Å². The number of para-hydroxylation sites is 2. The van der Waals surface area contributed by atoms with Crippen LogP contribution in [0.4, 0.5) is 11.4 Å². The summed E-state index contributed by atoms with van der Waals surface area (Å²) in [7, 11) is 0. The van der Waals surface area contributed by atoms with Crippen LogP contribution < -0.4 is 10.4 Å². The van der Waals surface area contributed by atoms with Gasteiger partial charge in [-0.15, -0.1) is 5.06 Å². The quantitative estimate of drug-likeness (QED) is 0.490. The van der Waals surface area contributed by atoms with Crippen molar-refractivity contribution in [3.05, 3.63) is 95.5 Å². The average molecular weight is 383 g/mol. The summed E-state index contributed by atoms with van der Waals surface area (Å²) >= 11 is 11.3. The molecule has 3 rings (SSSR count). The molecule has 6 heteroatoms. The topological polar surface area (TPSA) is 41.6 Å². The Kier molecular flexibility index (Phi) is 5.84. The molecule has 0 unspecified atom stereocenters. The van der Waals surface area contributed by atoms with E-state index in [0.29, 0.717) is 16.3 Å². The maximum Gasteiger partial charge on any atom is 0.363 e. The summed E-state index contributed by atoms with van der Waals surface area (Å²) < 4.78 is 0. The second kappa shape index (κ2) is 8.47. The Morgan fingerprint density at radius 2 is 1.46 bits per heavy atom. The van der Waals surface area contributed by atoms with Gasteiger partial charge >= 0.3 is 5.97 Å². The number of carbonyl (C=O) groups is 1. The van der Waals surface area contributed by atoms with Crippen LogP contribution in [-0.4, -0.2) is 11.1 Å². The van der Waals surface area contributed by atoms with Gasteiger partial charge in [-0.3, -0.25) is 0 Å². The molecule has 0 saturated heterocycles. The zero-order valence-corrected chi connectivity index (χ0v) is 15.2. The number of nitrogens with zero attached hydrogens (tertiary/aromatic N) is 1. The maximum atomic E-state index is 12.5. The minimum atomic E-state index is -0.539. The van der Waals surface area contributed by atoms with Gasteiger partial charge in [-0.1, -0.05) is 48.0 Å². The first-order chi connectivity index (χ1) is 12.6. The second-order valence-corrected chi connectivity index (χ2v) is 6.13. The molecule has 4 nitrogen and oxygen atoms in total. The minimum Gasteiger partial charge on any atom is -0.330 e. The predicted octanol–water partition coefficient (Wildman–Crippen LogP) is 5.32. The van der Waals surface area contributed by atoms with Crippen molar-refractivity contribution < 1.29 is 9.63 Å². The zero-order chi connectivity index (χ0) is 18.4. The lowest BCUT2D eigenvalue weighted by molar-refractivity contribution is 0.0519. The monoisotopic (exact) mass is 382 g/mol. The number of hydrogen-bond donors (Lipinski definition) is 1. The van der Waals surface area contributed by atoms with Crippen molar-refractivity contribution >= 4 is 46.3 Å². The zero-order valence-electron chi connectivity index (χ0n) is 13.6. The summed E-state index contributed by atoms with van der Waals surface area (Å²) in [5.41, 5.74) is 1.79. The maximum absolute atomic E-state index is 12.5. The van der Waals surface area contributed by atoms with E-state index in [1.165, 1.54) is 5.06 Å². The molecule has 3 aromatic carbocycles. The molecule has 0 atom stereocenters. The molecular formula is C20H15ClN2O2S. The lowest BCUT2D eigenvalue weighted by atomic mass is 10.2. The van der Waals surface area contributed by atoms with Crippen molar-refractivity contribution in [1.29, 1.82) is 0 Å². The molecule has 0 aliphatic heterocycles. The minimum absolute atomic E-state index is 0.240. The van der Waals surface area contributed by atoms with Gasteiger partial charge in [0, 0.05) is 10.7 Å². The largest absolute Gasteiger partial charge is 0.363 e. The van der Waals surface area contributed by atoms with E-state index in [1.54, 1.807) is 36.4 Å². The van der Waals surface area contributed by atoms with E-state index in [4.69, 9.17) is 28.7 Å². The Balaban J connectivity index is 1.82. The highest BCUT2D eigenvalue weighted by Crippen LogP contribution is 2.19. The van der Waals surface area contributed by atoms with Crippen LogP contribution in [0.1, 0.15) is 10.4 Å². The Labute approximate surface area is 161 Å². The lowest BCUT2D eigenvalue weighted by Crippen LogP contribution is -2.36. The Bertz CT molecular complexity index is 887. The van der Waals surface area contributed by atoms with Crippen LogP contribution >= 0.6 is 23.8 Å². The van der Waals surface area contributed by atoms with E-state index in [1.807, 2.05) is 48.5 Å². The predicted molar refractivity (Wildman–Crippen MR) is 108 cm³/mol. The molecule has 0 aliphatic carbocycles. The first-order valence-corrected chi connectivity index (χ1v) is 8.61. The summed E-state index contributed by atoms with van der Waals surface area (Å²) in [4.78, 5) is 18.0. The smallest absolute Gasteiger partial charge is 0.330 e. The van der Waals surface area contributed by atoms with E-state index in [2.05, 4.69) is 5.32 Å². The Morgan fingerprint density at radius 1 is 0.885 bits per heavy atom. The van der Waals surface area contributed by atoms with E-state index in [9.17, 15) is 4.79 Å². The van der Waals surface area contributed by atoms with Gasteiger partial charge in [0.25, 0.3) is 0 Å². The van der Waals surface area contributed by atoms with Gasteiger partial charge in [-0.05, 0) is 60.7 Å². The molecule has 0 radical (unpaired) electrons. The molecule has 0 saturated carbocycles. The lowest BCUT2D eigenvalue weighted by Gasteiger charge is -2.24. The van der Waals surface area contributed by atoms with Crippen LogP contribution in [0.5, 0.6) is 0 Å². The number of rotatable bonds is 3. The first kappa shape index (κ1) is 17.9. The van der Waals surface area contributed by atoms with E-state index < -0.39 is 5.97 Å². The molecule has 0 spiro atoms. The molecule has 0 amide bonds. The number of thiocarbonyl (C=S) groups is 1. The number of hydrogen-bond acceptors (Lipinski definition) is 3. The highest BCUT2D eigenvalue weighted by atomic mass is 35.5. The van der Waals surface area contributed by atoms with Crippen molar-refractivity contribution in [3.8, 4) is 0 Å². The molecule has 3 aromatic rings. The number of benzene rings is 3. The van der Waals surface area contributed by atoms with Gasteiger partial charge in [0.2, 0.25) is 5.11 Å². The number of halogens is 1. The highest BCUT2D eigenvalue weighted by molar-refractivity contribution is 7.80. The van der Waals surface area contributed by atoms with Crippen molar-refractivity contribution in [2.45, 2.75) is 0 Å². The summed E-state index contributed by atoms with van der Waals surface area (Å²) in [5, 5.41) is 5.14. The molecule has 0 bridgehead atoms. The van der Waals surface area contributed by atoms with Crippen LogP contribution in [-0.2, 0) is 4.84 Å². The molecule has 130 valence electrons. The molecule has 1 N–H and O–H groups in total. The third-order valence-electron chi connectivity index (χ3n) is 3.45. The fourth-order valence-corrected chi connectivity index (χ4v) is 2.58. The van der Waals surface area contributed by atoms with E-state index in [-0.39, 0.29) is 5.11 Å². The molecule has 0 heterocycles. The number of anilines is 2. The number of hydroxylamine groups is 1. The van der Waals surface area contributed by atoms with Gasteiger partial charge in [-0.2, -0.15) is 0 Å². The molecule has 26 heavy (non-hydrogen) atoms. The second-order valence-electron chi connectivity index (χ2n) is 5.31. The van der Waals surface area contributed by atoms with Crippen LogP contribution in [0.25, 0.3) is 0 Å². The normalized spacial score (nSPS) is 10.0. The summed E-state index contributed by atoms with van der Waals surface area (Å²) in [6, 6.07) is 25.0. The van der Waals surface area contributed by atoms with Crippen LogP contribution in [0.2, 0.25) is 5.02 Å². The summed E-state index contributed by atoms with van der Waals surface area (Å²) in [6.45, 7) is 0. The van der Waals surface area contributed by atoms with Crippen LogP contribution in [0.3, 0.4) is 0 Å². The molecule has 0 aromatic heterocycles. The number of carbonyl (C=O) groups excluding carboxylic acids is 1. The third kappa shape index (κ3) is 4.59. The van der Waals surface area contributed by atoms with Crippen LogP contribution in [0.15, 0.2) is 84.9 Å². The third-order valence-corrected chi connectivity index (χ3v) is 3.97. The van der Waals surface area contributed by atoms with Gasteiger partial charge in [0.15, 0.2) is 0 Å². The van der Waals surface area contributed by atoms with Gasteiger partial charge in [0.05, 0.1) is 11.3 Å². The van der Waals surface area contributed by atoms with E-state index in [0.717, 1.165) is 5.69 Å². The highest BCUT2D eigenvalue weighted by Gasteiger charge is 2.19. The van der Waals surface area contributed by atoms with E-state index >= 15 is 0 Å². The van der Waals surface area contributed by atoms with Gasteiger partial charge in [-0.25, -0.2) is 4.79 Å². The molecule has 0 fully saturated rings. The average Bonchev–Trinajstić information content (AvgIpc) is 2.68. The first-order valence-electron chi connectivity index (χ1n) is 7.82. The molecule has 0 aliphatic rings. The van der Waals surface area contributed by atoms with Crippen LogP contribution in [0, 0.1) is 0 Å². The van der Waals surface area contributed by atoms with Crippen molar-refractivity contribution in [1.82, 2.24) is 0 Å².